The molecule has 0 aliphatic heterocycles. The smallest absolute Gasteiger partial charge is 0.331 e. The van der Waals surface area contributed by atoms with Crippen molar-refractivity contribution in [3.63, 3.8) is 0 Å². The van der Waals surface area contributed by atoms with Crippen molar-refractivity contribution in [2.45, 2.75) is 52.6 Å². The Morgan fingerprint density at radius 1 is 1.20 bits per heavy atom. The predicted molar refractivity (Wildman–Crippen MR) is 115 cm³/mol. The molecule has 1 atom stereocenters. The van der Waals surface area contributed by atoms with Crippen molar-refractivity contribution < 1.29 is 19.1 Å². The predicted octanol–water partition coefficient (Wildman–Crippen LogP) is 4.08. The summed E-state index contributed by atoms with van der Waals surface area (Å²) in [6.07, 6.45) is 5.52. The molecule has 1 saturated carbocycles. The molecule has 1 heterocycles. The molecule has 1 aliphatic carbocycles. The lowest BCUT2D eigenvalue weighted by Crippen LogP contribution is -2.23. The van der Waals surface area contributed by atoms with Crippen molar-refractivity contribution in [3.8, 4) is 0 Å². The Bertz CT molecular complexity index is 981. The van der Waals surface area contributed by atoms with Gasteiger partial charge in [0.15, 0.2) is 12.4 Å². The zero-order valence-corrected chi connectivity index (χ0v) is 17.9. The molecule has 1 fully saturated rings. The van der Waals surface area contributed by atoms with Gasteiger partial charge in [0.25, 0.3) is 0 Å². The van der Waals surface area contributed by atoms with Gasteiger partial charge in [-0.2, -0.15) is 0 Å². The summed E-state index contributed by atoms with van der Waals surface area (Å²) in [7, 11) is 0. The summed E-state index contributed by atoms with van der Waals surface area (Å²) in [4.78, 5) is 35.5. The third-order valence-corrected chi connectivity index (χ3v) is 5.33. The molecule has 1 N–H and O–H groups in total. The van der Waals surface area contributed by atoms with Crippen molar-refractivity contribution in [2.75, 3.05) is 6.61 Å². The molecule has 0 bridgehead atoms. The van der Waals surface area contributed by atoms with Crippen molar-refractivity contribution in [2.24, 2.45) is 0 Å². The lowest BCUT2D eigenvalue weighted by atomic mass is 10.0. The first-order valence-corrected chi connectivity index (χ1v) is 10.2. The van der Waals surface area contributed by atoms with Gasteiger partial charge in [0.05, 0.1) is 6.04 Å². The first-order valence-electron chi connectivity index (χ1n) is 10.2. The van der Waals surface area contributed by atoms with Crippen molar-refractivity contribution in [1.82, 2.24) is 9.88 Å². The van der Waals surface area contributed by atoms with E-state index in [1.807, 2.05) is 6.92 Å². The molecule has 1 amide bonds. The Morgan fingerprint density at radius 3 is 2.47 bits per heavy atom. The number of rotatable bonds is 8. The monoisotopic (exact) mass is 408 g/mol. The van der Waals surface area contributed by atoms with E-state index in [-0.39, 0.29) is 24.3 Å². The molecule has 0 radical (unpaired) electrons. The highest BCUT2D eigenvalue weighted by Crippen LogP contribution is 2.38. The Hall–Kier alpha value is -3.15. The number of hydrogen-bond donors (Lipinski definition) is 1. The number of aryl methyl sites for hydroxylation is 1. The number of Topliss-reactive ketones (excluding diaryl/α,β-unsaturated/α-hetero) is 1. The van der Waals surface area contributed by atoms with E-state index in [1.165, 1.54) is 31.5 Å². The third-order valence-electron chi connectivity index (χ3n) is 5.33. The van der Waals surface area contributed by atoms with E-state index in [0.29, 0.717) is 11.6 Å². The number of aromatic nitrogens is 1. The van der Waals surface area contributed by atoms with Gasteiger partial charge in [0.2, 0.25) is 5.91 Å². The second-order valence-electron chi connectivity index (χ2n) is 7.84. The summed E-state index contributed by atoms with van der Waals surface area (Å²) in [6.45, 7) is 7.14. The van der Waals surface area contributed by atoms with Gasteiger partial charge in [-0.1, -0.05) is 24.3 Å². The lowest BCUT2D eigenvalue weighted by molar-refractivity contribution is -0.136. The fourth-order valence-electron chi connectivity index (χ4n) is 3.64. The van der Waals surface area contributed by atoms with Crippen LogP contribution in [0.5, 0.6) is 0 Å². The van der Waals surface area contributed by atoms with Crippen LogP contribution in [0.15, 0.2) is 36.4 Å². The largest absolute Gasteiger partial charge is 0.454 e. The van der Waals surface area contributed by atoms with Crippen molar-refractivity contribution in [1.29, 1.82) is 0 Å². The van der Waals surface area contributed by atoms with Crippen LogP contribution in [-0.2, 0) is 14.3 Å². The number of ether oxygens (including phenoxy) is 1. The van der Waals surface area contributed by atoms with Crippen LogP contribution in [0.1, 0.15) is 71.6 Å². The molecule has 1 aromatic carbocycles. The van der Waals surface area contributed by atoms with Gasteiger partial charge in [0.1, 0.15) is 0 Å². The van der Waals surface area contributed by atoms with Crippen LogP contribution >= 0.6 is 0 Å². The summed E-state index contributed by atoms with van der Waals surface area (Å²) < 4.78 is 7.42. The summed E-state index contributed by atoms with van der Waals surface area (Å²) in [5.41, 5.74) is 4.67. The standard InChI is InChI=1S/C24H28N2O4/c1-15-13-21(17(3)26(15)22-10-11-22)9-12-24(29)30-14-23(28)20-7-5-19(6-8-20)16(2)25-18(4)27/h5-9,12-13,16,22H,10-11,14H2,1-4H3,(H,25,27)/b12-9+/t16-/m0/s1. The molecule has 158 valence electrons. The number of hydrogen-bond acceptors (Lipinski definition) is 4. The van der Waals surface area contributed by atoms with Gasteiger partial charge in [-0.05, 0) is 56.9 Å². The molecular weight excluding hydrogens is 380 g/mol. The average molecular weight is 408 g/mol. The van der Waals surface area contributed by atoms with Gasteiger partial charge in [0, 0.05) is 36.0 Å². The van der Waals surface area contributed by atoms with Crippen molar-refractivity contribution >= 4 is 23.7 Å². The molecule has 6 nitrogen and oxygen atoms in total. The van der Waals surface area contributed by atoms with E-state index in [0.717, 1.165) is 16.8 Å². The zero-order valence-electron chi connectivity index (χ0n) is 17.9. The quantitative estimate of drug-likeness (QED) is 0.406. The molecule has 0 spiro atoms. The number of esters is 1. The van der Waals surface area contributed by atoms with E-state index in [9.17, 15) is 14.4 Å². The zero-order chi connectivity index (χ0) is 21.8. The summed E-state index contributed by atoms with van der Waals surface area (Å²) in [6, 6.07) is 9.42. The molecule has 0 unspecified atom stereocenters. The lowest BCUT2D eigenvalue weighted by Gasteiger charge is -2.13. The number of amides is 1. The fraction of sp³-hybridized carbons (Fsp3) is 0.375. The maximum absolute atomic E-state index is 12.3. The Labute approximate surface area is 176 Å². The molecule has 30 heavy (non-hydrogen) atoms. The highest BCUT2D eigenvalue weighted by atomic mass is 16.5. The van der Waals surface area contributed by atoms with Crippen LogP contribution in [0.3, 0.4) is 0 Å². The SMILES string of the molecule is CC(=O)N[C@@H](C)c1ccc(C(=O)COC(=O)/C=C/c2cc(C)n(C3CC3)c2C)cc1. The highest BCUT2D eigenvalue weighted by Gasteiger charge is 2.26. The molecule has 6 heteroatoms. The van der Waals surface area contributed by atoms with Gasteiger partial charge in [-0.3, -0.25) is 9.59 Å². The van der Waals surface area contributed by atoms with Gasteiger partial charge < -0.3 is 14.6 Å². The minimum atomic E-state index is -0.546. The van der Waals surface area contributed by atoms with E-state index in [1.54, 1.807) is 30.3 Å². The van der Waals surface area contributed by atoms with Crippen LogP contribution in [-0.4, -0.2) is 28.8 Å². The Balaban J connectivity index is 1.53. The molecule has 1 aliphatic rings. The van der Waals surface area contributed by atoms with E-state index in [4.69, 9.17) is 4.74 Å². The second kappa shape index (κ2) is 9.11. The van der Waals surface area contributed by atoms with Gasteiger partial charge in [-0.15, -0.1) is 0 Å². The molecule has 1 aromatic heterocycles. The van der Waals surface area contributed by atoms with Crippen LogP contribution < -0.4 is 5.32 Å². The topological polar surface area (TPSA) is 77.4 Å². The van der Waals surface area contributed by atoms with Crippen LogP contribution in [0, 0.1) is 13.8 Å². The van der Waals surface area contributed by atoms with E-state index >= 15 is 0 Å². The minimum Gasteiger partial charge on any atom is -0.454 e. The highest BCUT2D eigenvalue weighted by molar-refractivity contribution is 5.99. The number of nitrogens with one attached hydrogen (secondary N) is 1. The molecule has 2 aromatic rings. The average Bonchev–Trinajstić information content (AvgIpc) is 3.49. The number of benzene rings is 1. The van der Waals surface area contributed by atoms with Gasteiger partial charge in [-0.25, -0.2) is 4.79 Å². The van der Waals surface area contributed by atoms with Crippen LogP contribution in [0.4, 0.5) is 0 Å². The first-order chi connectivity index (χ1) is 14.3. The summed E-state index contributed by atoms with van der Waals surface area (Å²) >= 11 is 0. The third kappa shape index (κ3) is 5.26. The second-order valence-corrected chi connectivity index (χ2v) is 7.84. The Morgan fingerprint density at radius 2 is 1.87 bits per heavy atom. The minimum absolute atomic E-state index is 0.114. The summed E-state index contributed by atoms with van der Waals surface area (Å²) in [5, 5.41) is 2.79. The number of nitrogens with zero attached hydrogens (tertiary/aromatic N) is 1. The fourth-order valence-corrected chi connectivity index (χ4v) is 3.64. The van der Waals surface area contributed by atoms with Gasteiger partial charge >= 0.3 is 5.97 Å². The maximum Gasteiger partial charge on any atom is 0.331 e. The van der Waals surface area contributed by atoms with E-state index in [2.05, 4.69) is 29.8 Å². The first kappa shape index (κ1) is 21.6. The van der Waals surface area contributed by atoms with Crippen LogP contribution in [0.25, 0.3) is 6.08 Å². The maximum atomic E-state index is 12.3. The van der Waals surface area contributed by atoms with Crippen molar-refractivity contribution in [3.05, 3.63) is 64.5 Å². The number of carbonyl (C=O) groups is 3. The molecule has 0 saturated heterocycles. The molecular formula is C24H28N2O4. The Kier molecular flexibility index (Phi) is 6.55. The normalized spacial score (nSPS) is 14.5. The molecule has 3 rings (SSSR count). The van der Waals surface area contributed by atoms with E-state index < -0.39 is 5.97 Å². The summed E-state index contributed by atoms with van der Waals surface area (Å²) in [5.74, 6) is -0.935. The number of carbonyl (C=O) groups excluding carboxylic acids is 3. The number of ketones is 1. The van der Waals surface area contributed by atoms with Crippen LogP contribution in [0.2, 0.25) is 0 Å².